The van der Waals surface area contributed by atoms with Crippen LogP contribution < -0.4 is 5.73 Å². The number of nitrogens with zero attached hydrogens (tertiary/aromatic N) is 1. The molecule has 1 saturated heterocycles. The van der Waals surface area contributed by atoms with Gasteiger partial charge in [-0.25, -0.2) is 0 Å². The fourth-order valence-electron chi connectivity index (χ4n) is 2.33. The molecule has 2 N–H and O–H groups in total. The summed E-state index contributed by atoms with van der Waals surface area (Å²) in [7, 11) is 0. The summed E-state index contributed by atoms with van der Waals surface area (Å²) in [6, 6.07) is 6.13. The molecule has 92 valence electrons. The van der Waals surface area contributed by atoms with Crippen molar-refractivity contribution in [3.05, 3.63) is 28.2 Å². The molecule has 1 amide bonds. The fraction of sp³-hybridized carbons (Fsp3) is 0.462. The second kappa shape index (κ2) is 5.08. The summed E-state index contributed by atoms with van der Waals surface area (Å²) < 4.78 is 0.962. The quantitative estimate of drug-likeness (QED) is 0.810. The first-order valence-electron chi connectivity index (χ1n) is 5.88. The lowest BCUT2D eigenvalue weighted by Gasteiger charge is -2.31. The van der Waals surface area contributed by atoms with E-state index in [0.717, 1.165) is 36.1 Å². The summed E-state index contributed by atoms with van der Waals surface area (Å²) in [4.78, 5) is 13.2. The number of hydrogen-bond donors (Lipinski definition) is 1. The SMILES string of the molecule is CC(=O)N1CCC(c2ccc(N)c(Br)c2)CC1. The molecule has 0 aromatic heterocycles. The smallest absolute Gasteiger partial charge is 0.219 e. The zero-order valence-electron chi connectivity index (χ0n) is 9.95. The minimum atomic E-state index is 0.182. The van der Waals surface area contributed by atoms with E-state index in [1.807, 2.05) is 11.0 Å². The Morgan fingerprint density at radius 2 is 2.06 bits per heavy atom. The molecule has 1 aliphatic heterocycles. The fourth-order valence-corrected chi connectivity index (χ4v) is 2.72. The third-order valence-electron chi connectivity index (χ3n) is 3.44. The molecule has 0 saturated carbocycles. The van der Waals surface area contributed by atoms with E-state index in [2.05, 4.69) is 28.1 Å². The van der Waals surface area contributed by atoms with Gasteiger partial charge >= 0.3 is 0 Å². The molecule has 0 aliphatic carbocycles. The van der Waals surface area contributed by atoms with Crippen molar-refractivity contribution >= 4 is 27.5 Å². The highest BCUT2D eigenvalue weighted by Gasteiger charge is 2.22. The van der Waals surface area contributed by atoms with Gasteiger partial charge in [-0.3, -0.25) is 4.79 Å². The number of halogens is 1. The Labute approximate surface area is 110 Å². The molecule has 1 aromatic rings. The Bertz CT molecular complexity index is 425. The van der Waals surface area contributed by atoms with Gasteiger partial charge in [0.25, 0.3) is 0 Å². The number of anilines is 1. The summed E-state index contributed by atoms with van der Waals surface area (Å²) in [5.74, 6) is 0.726. The van der Waals surface area contributed by atoms with Gasteiger partial charge in [0.05, 0.1) is 0 Å². The summed E-state index contributed by atoms with van der Waals surface area (Å²) in [5.41, 5.74) is 7.87. The number of nitrogens with two attached hydrogens (primary N) is 1. The van der Waals surface area contributed by atoms with Gasteiger partial charge in [-0.1, -0.05) is 6.07 Å². The summed E-state index contributed by atoms with van der Waals surface area (Å²) >= 11 is 3.46. The van der Waals surface area contributed by atoms with Crippen molar-refractivity contribution in [3.8, 4) is 0 Å². The lowest BCUT2D eigenvalue weighted by Crippen LogP contribution is -2.36. The Morgan fingerprint density at radius 3 is 2.59 bits per heavy atom. The van der Waals surface area contributed by atoms with E-state index in [1.165, 1.54) is 5.56 Å². The number of piperidine rings is 1. The van der Waals surface area contributed by atoms with Crippen molar-refractivity contribution in [1.82, 2.24) is 4.90 Å². The molecule has 0 spiro atoms. The van der Waals surface area contributed by atoms with E-state index in [0.29, 0.717) is 5.92 Å². The van der Waals surface area contributed by atoms with E-state index in [-0.39, 0.29) is 5.91 Å². The largest absolute Gasteiger partial charge is 0.398 e. The van der Waals surface area contributed by atoms with Gasteiger partial charge in [0.2, 0.25) is 5.91 Å². The predicted octanol–water partition coefficient (Wildman–Crippen LogP) is 2.76. The number of likely N-dealkylation sites (tertiary alicyclic amines) is 1. The molecular weight excluding hydrogens is 280 g/mol. The molecule has 0 atom stereocenters. The molecule has 17 heavy (non-hydrogen) atoms. The first kappa shape index (κ1) is 12.4. The molecule has 3 nitrogen and oxygen atoms in total. The lowest BCUT2D eigenvalue weighted by atomic mass is 9.89. The molecule has 2 rings (SSSR count). The van der Waals surface area contributed by atoms with Crippen LogP contribution in [0.4, 0.5) is 5.69 Å². The van der Waals surface area contributed by atoms with Crippen LogP contribution >= 0.6 is 15.9 Å². The van der Waals surface area contributed by atoms with Crippen LogP contribution in [0.5, 0.6) is 0 Å². The van der Waals surface area contributed by atoms with Gasteiger partial charge in [0.15, 0.2) is 0 Å². The normalized spacial score (nSPS) is 17.2. The van der Waals surface area contributed by atoms with Gasteiger partial charge in [-0.15, -0.1) is 0 Å². The molecule has 0 radical (unpaired) electrons. The molecule has 0 bridgehead atoms. The van der Waals surface area contributed by atoms with Crippen LogP contribution in [0.15, 0.2) is 22.7 Å². The third kappa shape index (κ3) is 2.80. The number of nitrogen functional groups attached to an aromatic ring is 1. The van der Waals surface area contributed by atoms with Gasteiger partial charge in [0.1, 0.15) is 0 Å². The van der Waals surface area contributed by atoms with Gasteiger partial charge in [-0.05, 0) is 52.4 Å². The average molecular weight is 297 g/mol. The van der Waals surface area contributed by atoms with Crippen LogP contribution in [-0.4, -0.2) is 23.9 Å². The van der Waals surface area contributed by atoms with Crippen LogP contribution in [-0.2, 0) is 4.79 Å². The van der Waals surface area contributed by atoms with E-state index in [4.69, 9.17) is 5.73 Å². The third-order valence-corrected chi connectivity index (χ3v) is 4.12. The van der Waals surface area contributed by atoms with Crippen molar-refractivity contribution in [2.75, 3.05) is 18.8 Å². The topological polar surface area (TPSA) is 46.3 Å². The molecule has 1 fully saturated rings. The van der Waals surface area contributed by atoms with Crippen molar-refractivity contribution in [3.63, 3.8) is 0 Å². The average Bonchev–Trinajstić information content (AvgIpc) is 2.33. The monoisotopic (exact) mass is 296 g/mol. The van der Waals surface area contributed by atoms with Crippen LogP contribution in [0.3, 0.4) is 0 Å². The zero-order valence-corrected chi connectivity index (χ0v) is 11.5. The van der Waals surface area contributed by atoms with E-state index < -0.39 is 0 Å². The predicted molar refractivity (Wildman–Crippen MR) is 72.8 cm³/mol. The van der Waals surface area contributed by atoms with E-state index >= 15 is 0 Å². The van der Waals surface area contributed by atoms with E-state index in [9.17, 15) is 4.79 Å². The van der Waals surface area contributed by atoms with Crippen LogP contribution in [0.25, 0.3) is 0 Å². The van der Waals surface area contributed by atoms with Crippen molar-refractivity contribution < 1.29 is 4.79 Å². The second-order valence-corrected chi connectivity index (χ2v) is 5.42. The maximum Gasteiger partial charge on any atom is 0.219 e. The standard InChI is InChI=1S/C13H17BrN2O/c1-9(17)16-6-4-10(5-7-16)11-2-3-13(15)12(14)8-11/h2-3,8,10H,4-7,15H2,1H3. The van der Waals surface area contributed by atoms with Crippen molar-refractivity contribution in [1.29, 1.82) is 0 Å². The highest BCUT2D eigenvalue weighted by Crippen LogP contribution is 2.31. The molecule has 0 unspecified atom stereocenters. The van der Waals surface area contributed by atoms with Crippen LogP contribution in [0.1, 0.15) is 31.2 Å². The maximum absolute atomic E-state index is 11.2. The highest BCUT2D eigenvalue weighted by molar-refractivity contribution is 9.10. The summed E-state index contributed by atoms with van der Waals surface area (Å²) in [6.45, 7) is 3.37. The minimum absolute atomic E-state index is 0.182. The Kier molecular flexibility index (Phi) is 3.72. The molecule has 1 heterocycles. The molecule has 1 aliphatic rings. The minimum Gasteiger partial charge on any atom is -0.398 e. The number of benzene rings is 1. The van der Waals surface area contributed by atoms with Gasteiger partial charge in [0, 0.05) is 30.2 Å². The summed E-state index contributed by atoms with van der Waals surface area (Å²) in [5, 5.41) is 0. The molecule has 4 heteroatoms. The zero-order chi connectivity index (χ0) is 12.4. The molecular formula is C13H17BrN2O. The number of rotatable bonds is 1. The first-order valence-corrected chi connectivity index (χ1v) is 6.67. The second-order valence-electron chi connectivity index (χ2n) is 4.56. The summed E-state index contributed by atoms with van der Waals surface area (Å²) in [6.07, 6.45) is 2.08. The van der Waals surface area contributed by atoms with Crippen LogP contribution in [0, 0.1) is 0 Å². The Morgan fingerprint density at radius 1 is 1.41 bits per heavy atom. The Hall–Kier alpha value is -1.03. The first-order chi connectivity index (χ1) is 8.08. The van der Waals surface area contributed by atoms with Crippen LogP contribution in [0.2, 0.25) is 0 Å². The molecule has 1 aromatic carbocycles. The number of carbonyl (C=O) groups is 1. The lowest BCUT2D eigenvalue weighted by molar-refractivity contribution is -0.129. The number of carbonyl (C=O) groups excluding carboxylic acids is 1. The number of amides is 1. The highest BCUT2D eigenvalue weighted by atomic mass is 79.9. The Balaban J connectivity index is 2.05. The van der Waals surface area contributed by atoms with Crippen molar-refractivity contribution in [2.45, 2.75) is 25.7 Å². The van der Waals surface area contributed by atoms with Gasteiger partial charge in [-0.2, -0.15) is 0 Å². The van der Waals surface area contributed by atoms with E-state index in [1.54, 1.807) is 6.92 Å². The maximum atomic E-state index is 11.2. The number of hydrogen-bond acceptors (Lipinski definition) is 2. The van der Waals surface area contributed by atoms with Crippen molar-refractivity contribution in [2.24, 2.45) is 0 Å². The van der Waals surface area contributed by atoms with Gasteiger partial charge < -0.3 is 10.6 Å².